The Morgan fingerprint density at radius 2 is 1.84 bits per heavy atom. The normalized spacial score (nSPS) is 18.2. The molecule has 4 heteroatoms. The molecule has 0 amide bonds. The van der Waals surface area contributed by atoms with E-state index in [-0.39, 0.29) is 12.0 Å². The Balaban J connectivity index is 1.87. The molecular formula is C15H21NO3. The first-order valence-corrected chi connectivity index (χ1v) is 6.70. The minimum atomic E-state index is -0.791. The summed E-state index contributed by atoms with van der Waals surface area (Å²) in [5.74, 6) is -0.791. The monoisotopic (exact) mass is 263 g/mol. The van der Waals surface area contributed by atoms with Crippen LogP contribution in [0.2, 0.25) is 0 Å². The van der Waals surface area contributed by atoms with Gasteiger partial charge in [0, 0.05) is 25.3 Å². The van der Waals surface area contributed by atoms with E-state index in [1.165, 1.54) is 5.56 Å². The lowest BCUT2D eigenvalue weighted by molar-refractivity contribution is -0.136. The van der Waals surface area contributed by atoms with E-state index < -0.39 is 5.97 Å². The quantitative estimate of drug-likeness (QED) is 0.852. The van der Waals surface area contributed by atoms with Crippen LogP contribution < -0.4 is 5.32 Å². The standard InChI is InChI=1S/C15H21NO3/c1-15(6-8-19-9-7-15)16-11-13-4-2-12(3-5-13)10-14(17)18/h2-5,16H,6-11H2,1H3,(H,17,18). The zero-order valence-corrected chi connectivity index (χ0v) is 11.3. The van der Waals surface area contributed by atoms with Gasteiger partial charge in [-0.15, -0.1) is 0 Å². The van der Waals surface area contributed by atoms with Gasteiger partial charge in [-0.05, 0) is 30.9 Å². The van der Waals surface area contributed by atoms with Gasteiger partial charge in [-0.2, -0.15) is 0 Å². The van der Waals surface area contributed by atoms with Gasteiger partial charge in [0.2, 0.25) is 0 Å². The largest absolute Gasteiger partial charge is 0.481 e. The molecule has 1 fully saturated rings. The molecule has 1 aliphatic rings. The van der Waals surface area contributed by atoms with Gasteiger partial charge in [-0.1, -0.05) is 24.3 Å². The highest BCUT2D eigenvalue weighted by atomic mass is 16.5. The Bertz CT molecular complexity index is 422. The SMILES string of the molecule is CC1(NCc2ccc(CC(=O)O)cc2)CCOCC1. The summed E-state index contributed by atoms with van der Waals surface area (Å²) < 4.78 is 5.37. The third kappa shape index (κ3) is 4.33. The van der Waals surface area contributed by atoms with E-state index in [2.05, 4.69) is 12.2 Å². The summed E-state index contributed by atoms with van der Waals surface area (Å²) in [6, 6.07) is 7.76. The van der Waals surface area contributed by atoms with Crippen LogP contribution in [-0.2, 0) is 22.5 Å². The van der Waals surface area contributed by atoms with E-state index in [1.54, 1.807) is 0 Å². The molecule has 1 aromatic carbocycles. The van der Waals surface area contributed by atoms with Crippen molar-refractivity contribution in [1.82, 2.24) is 5.32 Å². The van der Waals surface area contributed by atoms with E-state index in [9.17, 15) is 4.79 Å². The summed E-state index contributed by atoms with van der Waals surface area (Å²) in [7, 11) is 0. The predicted molar refractivity (Wildman–Crippen MR) is 73.1 cm³/mol. The molecular weight excluding hydrogens is 242 g/mol. The zero-order valence-electron chi connectivity index (χ0n) is 11.3. The third-order valence-corrected chi connectivity index (χ3v) is 3.69. The van der Waals surface area contributed by atoms with Gasteiger partial charge in [0.1, 0.15) is 0 Å². The highest BCUT2D eigenvalue weighted by Gasteiger charge is 2.26. The smallest absolute Gasteiger partial charge is 0.307 e. The van der Waals surface area contributed by atoms with E-state index in [1.807, 2.05) is 24.3 Å². The van der Waals surface area contributed by atoms with Crippen molar-refractivity contribution in [3.63, 3.8) is 0 Å². The second-order valence-electron chi connectivity index (χ2n) is 5.41. The van der Waals surface area contributed by atoms with E-state index in [4.69, 9.17) is 9.84 Å². The summed E-state index contributed by atoms with van der Waals surface area (Å²) in [5.41, 5.74) is 2.17. The van der Waals surface area contributed by atoms with Crippen molar-refractivity contribution in [2.45, 2.75) is 38.3 Å². The van der Waals surface area contributed by atoms with Gasteiger partial charge < -0.3 is 15.2 Å². The Kier molecular flexibility index (Phi) is 4.56. The lowest BCUT2D eigenvalue weighted by Crippen LogP contribution is -2.46. The first-order chi connectivity index (χ1) is 9.07. The number of ether oxygens (including phenoxy) is 1. The summed E-state index contributed by atoms with van der Waals surface area (Å²) in [4.78, 5) is 10.6. The number of benzene rings is 1. The van der Waals surface area contributed by atoms with Gasteiger partial charge in [-0.3, -0.25) is 4.79 Å². The molecule has 2 rings (SSSR count). The molecule has 1 aromatic rings. The van der Waals surface area contributed by atoms with Crippen molar-refractivity contribution in [2.75, 3.05) is 13.2 Å². The average Bonchev–Trinajstić information content (AvgIpc) is 2.38. The van der Waals surface area contributed by atoms with Crippen molar-refractivity contribution in [1.29, 1.82) is 0 Å². The molecule has 0 saturated carbocycles. The van der Waals surface area contributed by atoms with Gasteiger partial charge >= 0.3 is 5.97 Å². The lowest BCUT2D eigenvalue weighted by atomic mass is 9.92. The molecule has 1 aliphatic heterocycles. The van der Waals surface area contributed by atoms with Gasteiger partial charge in [0.15, 0.2) is 0 Å². The number of aliphatic carboxylic acids is 1. The van der Waals surface area contributed by atoms with Gasteiger partial charge in [0.25, 0.3) is 0 Å². The van der Waals surface area contributed by atoms with Crippen LogP contribution in [0, 0.1) is 0 Å². The summed E-state index contributed by atoms with van der Waals surface area (Å²) in [6.45, 7) is 4.68. The number of hydrogen-bond acceptors (Lipinski definition) is 3. The Morgan fingerprint density at radius 1 is 1.26 bits per heavy atom. The number of nitrogens with one attached hydrogen (secondary N) is 1. The highest BCUT2D eigenvalue weighted by Crippen LogP contribution is 2.20. The zero-order chi connectivity index (χ0) is 13.7. The molecule has 19 heavy (non-hydrogen) atoms. The second kappa shape index (κ2) is 6.17. The topological polar surface area (TPSA) is 58.6 Å². The minimum Gasteiger partial charge on any atom is -0.481 e. The van der Waals surface area contributed by atoms with Crippen LogP contribution >= 0.6 is 0 Å². The van der Waals surface area contributed by atoms with Crippen LogP contribution in [0.4, 0.5) is 0 Å². The maximum atomic E-state index is 10.6. The number of carboxylic acids is 1. The first-order valence-electron chi connectivity index (χ1n) is 6.70. The summed E-state index contributed by atoms with van der Waals surface area (Å²) in [5, 5.41) is 12.3. The fourth-order valence-corrected chi connectivity index (χ4v) is 2.26. The van der Waals surface area contributed by atoms with Crippen LogP contribution in [0.1, 0.15) is 30.9 Å². The molecule has 4 nitrogen and oxygen atoms in total. The van der Waals surface area contributed by atoms with E-state index in [0.717, 1.165) is 38.2 Å². The lowest BCUT2D eigenvalue weighted by Gasteiger charge is -2.34. The van der Waals surface area contributed by atoms with Crippen LogP contribution in [0.5, 0.6) is 0 Å². The van der Waals surface area contributed by atoms with Crippen molar-refractivity contribution < 1.29 is 14.6 Å². The van der Waals surface area contributed by atoms with Gasteiger partial charge in [0.05, 0.1) is 6.42 Å². The van der Waals surface area contributed by atoms with Crippen LogP contribution in [0.15, 0.2) is 24.3 Å². The van der Waals surface area contributed by atoms with Crippen molar-refractivity contribution in [3.05, 3.63) is 35.4 Å². The van der Waals surface area contributed by atoms with Crippen LogP contribution in [-0.4, -0.2) is 29.8 Å². The summed E-state index contributed by atoms with van der Waals surface area (Å²) in [6.07, 6.45) is 2.15. The van der Waals surface area contributed by atoms with E-state index >= 15 is 0 Å². The molecule has 0 unspecified atom stereocenters. The molecule has 104 valence electrons. The van der Waals surface area contributed by atoms with Crippen molar-refractivity contribution >= 4 is 5.97 Å². The Labute approximate surface area is 113 Å². The molecule has 0 radical (unpaired) electrons. The second-order valence-corrected chi connectivity index (χ2v) is 5.41. The number of carboxylic acid groups (broad SMARTS) is 1. The Hall–Kier alpha value is -1.39. The number of hydrogen-bond donors (Lipinski definition) is 2. The number of rotatable bonds is 5. The maximum absolute atomic E-state index is 10.6. The molecule has 0 aromatic heterocycles. The highest BCUT2D eigenvalue weighted by molar-refractivity contribution is 5.70. The molecule has 1 heterocycles. The average molecular weight is 263 g/mol. The maximum Gasteiger partial charge on any atom is 0.307 e. The predicted octanol–water partition coefficient (Wildman–Crippen LogP) is 1.97. The minimum absolute atomic E-state index is 0.0861. The molecule has 1 saturated heterocycles. The molecule has 0 spiro atoms. The van der Waals surface area contributed by atoms with Crippen molar-refractivity contribution in [2.24, 2.45) is 0 Å². The fraction of sp³-hybridized carbons (Fsp3) is 0.533. The van der Waals surface area contributed by atoms with Crippen LogP contribution in [0.3, 0.4) is 0 Å². The molecule has 0 aliphatic carbocycles. The van der Waals surface area contributed by atoms with Gasteiger partial charge in [-0.25, -0.2) is 0 Å². The third-order valence-electron chi connectivity index (χ3n) is 3.69. The van der Waals surface area contributed by atoms with Crippen molar-refractivity contribution in [3.8, 4) is 0 Å². The summed E-state index contributed by atoms with van der Waals surface area (Å²) >= 11 is 0. The fourth-order valence-electron chi connectivity index (χ4n) is 2.26. The first kappa shape index (κ1) is 14.0. The molecule has 2 N–H and O–H groups in total. The Morgan fingerprint density at radius 3 is 2.42 bits per heavy atom. The van der Waals surface area contributed by atoms with Crippen LogP contribution in [0.25, 0.3) is 0 Å². The number of carbonyl (C=O) groups is 1. The molecule has 0 atom stereocenters. The van der Waals surface area contributed by atoms with E-state index in [0.29, 0.717) is 0 Å². The molecule has 0 bridgehead atoms.